The van der Waals surface area contributed by atoms with Gasteiger partial charge in [-0.2, -0.15) is 5.06 Å². The monoisotopic (exact) mass is 366 g/mol. The summed E-state index contributed by atoms with van der Waals surface area (Å²) >= 11 is 13.0. The number of hydrogen-bond donors (Lipinski definition) is 0. The molecule has 7 heteroatoms. The Balaban J connectivity index is 1.82. The van der Waals surface area contributed by atoms with Gasteiger partial charge in [0.25, 0.3) is 9.57 Å². The maximum atomic E-state index is 12.3. The molecule has 1 heterocycles. The Morgan fingerprint density at radius 2 is 1.65 bits per heavy atom. The van der Waals surface area contributed by atoms with Crippen LogP contribution >= 0.6 is 35.0 Å². The standard InChI is InChI=1S/C16H12Cl2N2O2S/c17-16(18)14(21)20(22-11-12-7-3-1-4-8-12)15(23-16)19-13-9-5-2-6-10-13/h1-10H,11H2. The van der Waals surface area contributed by atoms with Crippen molar-refractivity contribution in [1.29, 1.82) is 0 Å². The Kier molecular flexibility index (Phi) is 4.92. The Bertz CT molecular complexity index is 723. The number of halogens is 2. The van der Waals surface area contributed by atoms with Crippen molar-refractivity contribution >= 4 is 51.7 Å². The molecule has 1 aliphatic heterocycles. The Labute approximate surface area is 148 Å². The summed E-state index contributed by atoms with van der Waals surface area (Å²) in [5.41, 5.74) is 1.60. The first-order chi connectivity index (χ1) is 11.1. The van der Waals surface area contributed by atoms with Crippen molar-refractivity contribution in [2.75, 3.05) is 0 Å². The fraction of sp³-hybridized carbons (Fsp3) is 0.125. The highest BCUT2D eigenvalue weighted by molar-refractivity contribution is 8.18. The lowest BCUT2D eigenvalue weighted by atomic mass is 10.2. The molecule has 23 heavy (non-hydrogen) atoms. The molecule has 3 rings (SSSR count). The second-order valence-corrected chi connectivity index (χ2v) is 7.66. The maximum absolute atomic E-state index is 12.3. The highest BCUT2D eigenvalue weighted by Gasteiger charge is 2.50. The summed E-state index contributed by atoms with van der Waals surface area (Å²) in [7, 11) is 0. The zero-order valence-electron chi connectivity index (χ0n) is 11.9. The summed E-state index contributed by atoms with van der Waals surface area (Å²) in [4.78, 5) is 22.3. The maximum Gasteiger partial charge on any atom is 0.300 e. The molecule has 1 fully saturated rings. The third-order valence-electron chi connectivity index (χ3n) is 3.01. The van der Waals surface area contributed by atoms with Gasteiger partial charge in [-0.15, -0.1) is 0 Å². The first-order valence-electron chi connectivity index (χ1n) is 6.78. The molecule has 118 valence electrons. The molecule has 0 saturated carbocycles. The Morgan fingerprint density at radius 1 is 1.04 bits per heavy atom. The van der Waals surface area contributed by atoms with E-state index >= 15 is 0 Å². The van der Waals surface area contributed by atoms with E-state index < -0.39 is 9.57 Å². The second kappa shape index (κ2) is 6.93. The minimum Gasteiger partial charge on any atom is -0.267 e. The van der Waals surface area contributed by atoms with Crippen molar-refractivity contribution in [2.45, 2.75) is 10.3 Å². The summed E-state index contributed by atoms with van der Waals surface area (Å²) in [6, 6.07) is 18.7. The molecule has 0 N–H and O–H groups in total. The van der Waals surface area contributed by atoms with Crippen molar-refractivity contribution in [3.8, 4) is 0 Å². The summed E-state index contributed by atoms with van der Waals surface area (Å²) < 4.78 is -1.63. The minimum atomic E-state index is -1.63. The third-order valence-corrected chi connectivity index (χ3v) is 4.67. The van der Waals surface area contributed by atoms with Crippen LogP contribution in [0.15, 0.2) is 65.7 Å². The summed E-state index contributed by atoms with van der Waals surface area (Å²) in [5.74, 6) is -0.559. The topological polar surface area (TPSA) is 41.9 Å². The van der Waals surface area contributed by atoms with Crippen LogP contribution in [0.25, 0.3) is 0 Å². The molecule has 1 saturated heterocycles. The lowest BCUT2D eigenvalue weighted by Crippen LogP contribution is -2.33. The summed E-state index contributed by atoms with van der Waals surface area (Å²) in [5, 5.41) is 1.37. The molecule has 0 aliphatic carbocycles. The molecule has 0 radical (unpaired) electrons. The van der Waals surface area contributed by atoms with Gasteiger partial charge in [0.05, 0.1) is 5.69 Å². The number of aliphatic imine (C=N–C) groups is 1. The fourth-order valence-corrected chi connectivity index (χ4v) is 3.25. The van der Waals surface area contributed by atoms with Gasteiger partial charge in [-0.1, -0.05) is 71.7 Å². The molecule has 0 bridgehead atoms. The first kappa shape index (κ1) is 16.3. The van der Waals surface area contributed by atoms with Crippen LogP contribution in [0, 0.1) is 0 Å². The van der Waals surface area contributed by atoms with Gasteiger partial charge in [-0.3, -0.25) is 9.63 Å². The number of nitrogens with zero attached hydrogens (tertiary/aromatic N) is 2. The van der Waals surface area contributed by atoms with Gasteiger partial charge in [-0.25, -0.2) is 4.99 Å². The van der Waals surface area contributed by atoms with Crippen LogP contribution in [-0.2, 0) is 16.2 Å². The van der Waals surface area contributed by atoms with Crippen molar-refractivity contribution in [3.63, 3.8) is 0 Å². The largest absolute Gasteiger partial charge is 0.300 e. The number of hydrogen-bond acceptors (Lipinski definition) is 4. The quantitative estimate of drug-likeness (QED) is 0.747. The average Bonchev–Trinajstić information content (AvgIpc) is 2.77. The molecule has 1 aliphatic rings. The van der Waals surface area contributed by atoms with Crippen LogP contribution in [0.2, 0.25) is 0 Å². The Morgan fingerprint density at radius 3 is 2.30 bits per heavy atom. The first-order valence-corrected chi connectivity index (χ1v) is 8.35. The van der Waals surface area contributed by atoms with Crippen LogP contribution < -0.4 is 0 Å². The van der Waals surface area contributed by atoms with Crippen molar-refractivity contribution in [2.24, 2.45) is 4.99 Å². The van der Waals surface area contributed by atoms with Crippen molar-refractivity contribution < 1.29 is 9.63 Å². The molecular weight excluding hydrogens is 355 g/mol. The number of rotatable bonds is 4. The number of thioether (sulfide) groups is 1. The molecule has 0 unspecified atom stereocenters. The van der Waals surface area contributed by atoms with Gasteiger partial charge in [0.1, 0.15) is 6.61 Å². The minimum absolute atomic E-state index is 0.213. The van der Waals surface area contributed by atoms with Crippen LogP contribution in [0.4, 0.5) is 5.69 Å². The van der Waals surface area contributed by atoms with Gasteiger partial charge in [-0.05, 0) is 29.5 Å². The molecule has 4 nitrogen and oxygen atoms in total. The number of benzene rings is 2. The number of hydroxylamine groups is 2. The lowest BCUT2D eigenvalue weighted by Gasteiger charge is -2.15. The number of para-hydroxylation sites is 1. The van der Waals surface area contributed by atoms with Crippen LogP contribution in [0.5, 0.6) is 0 Å². The molecule has 0 spiro atoms. The van der Waals surface area contributed by atoms with Gasteiger partial charge in [0, 0.05) is 0 Å². The van der Waals surface area contributed by atoms with E-state index in [2.05, 4.69) is 4.99 Å². The van der Waals surface area contributed by atoms with Crippen LogP contribution in [0.1, 0.15) is 5.56 Å². The van der Waals surface area contributed by atoms with E-state index in [1.807, 2.05) is 60.7 Å². The summed E-state index contributed by atoms with van der Waals surface area (Å²) in [6.45, 7) is 0.213. The number of alkyl halides is 2. The van der Waals surface area contributed by atoms with Gasteiger partial charge in [0.2, 0.25) is 0 Å². The smallest absolute Gasteiger partial charge is 0.267 e. The molecule has 0 atom stereocenters. The molecule has 1 amide bonds. The summed E-state index contributed by atoms with van der Waals surface area (Å²) in [6.07, 6.45) is 0. The van der Waals surface area contributed by atoms with E-state index in [4.69, 9.17) is 28.0 Å². The van der Waals surface area contributed by atoms with Crippen molar-refractivity contribution in [3.05, 3.63) is 66.2 Å². The van der Waals surface area contributed by atoms with Gasteiger partial charge < -0.3 is 0 Å². The zero-order valence-corrected chi connectivity index (χ0v) is 14.2. The SMILES string of the molecule is O=C1N(OCc2ccccc2)C(=Nc2ccccc2)SC1(Cl)Cl. The third kappa shape index (κ3) is 3.87. The van der Waals surface area contributed by atoms with Crippen LogP contribution in [0.3, 0.4) is 0 Å². The predicted molar refractivity (Wildman–Crippen MR) is 93.6 cm³/mol. The van der Waals surface area contributed by atoms with E-state index in [9.17, 15) is 4.79 Å². The molecular formula is C16H12Cl2N2O2S. The van der Waals surface area contributed by atoms with E-state index in [0.717, 1.165) is 22.4 Å². The fourth-order valence-electron chi connectivity index (χ4n) is 1.91. The van der Waals surface area contributed by atoms with E-state index in [1.165, 1.54) is 0 Å². The normalized spacial score (nSPS) is 18.6. The number of amidine groups is 1. The highest BCUT2D eigenvalue weighted by atomic mass is 35.5. The highest BCUT2D eigenvalue weighted by Crippen LogP contribution is 2.45. The van der Waals surface area contributed by atoms with E-state index in [1.54, 1.807) is 0 Å². The number of carbonyl (C=O) groups is 1. The van der Waals surface area contributed by atoms with Crippen LogP contribution in [-0.4, -0.2) is 19.8 Å². The second-order valence-electron chi connectivity index (χ2n) is 4.71. The Hall–Kier alpha value is -1.53. The zero-order chi connectivity index (χ0) is 16.3. The number of amides is 1. The number of carbonyl (C=O) groups excluding carboxylic acids is 1. The molecule has 0 aromatic heterocycles. The lowest BCUT2D eigenvalue weighted by molar-refractivity contribution is -0.163. The van der Waals surface area contributed by atoms with E-state index in [0.29, 0.717) is 10.9 Å². The predicted octanol–water partition coefficient (Wildman–Crippen LogP) is 4.51. The molecule has 2 aromatic rings. The van der Waals surface area contributed by atoms with Gasteiger partial charge in [0.15, 0.2) is 5.17 Å². The average molecular weight is 367 g/mol. The molecule has 2 aromatic carbocycles. The van der Waals surface area contributed by atoms with E-state index in [-0.39, 0.29) is 6.61 Å². The van der Waals surface area contributed by atoms with Crippen molar-refractivity contribution in [1.82, 2.24) is 5.06 Å². The van der Waals surface area contributed by atoms with Gasteiger partial charge >= 0.3 is 0 Å².